The summed E-state index contributed by atoms with van der Waals surface area (Å²) in [5.41, 5.74) is 4.64. The topological polar surface area (TPSA) is 17.3 Å². The van der Waals surface area contributed by atoms with Gasteiger partial charge in [0.05, 0.1) is 22.7 Å². The normalized spacial score (nSPS) is 11.6. The quantitative estimate of drug-likeness (QED) is 0.448. The molecule has 0 aliphatic heterocycles. The van der Waals surface area contributed by atoms with E-state index in [1.165, 1.54) is 21.9 Å². The van der Waals surface area contributed by atoms with Crippen molar-refractivity contribution in [3.8, 4) is 0 Å². The highest BCUT2D eigenvalue weighted by molar-refractivity contribution is 5.99. The fourth-order valence-corrected chi connectivity index (χ4v) is 2.60. The van der Waals surface area contributed by atoms with Crippen LogP contribution in [0.2, 0.25) is 0 Å². The predicted octanol–water partition coefficient (Wildman–Crippen LogP) is 3.95. The number of fused-ring (bicyclic) bond motifs is 5. The molecule has 4 rings (SSSR count). The summed E-state index contributed by atoms with van der Waals surface area (Å²) in [6.45, 7) is 2.12. The maximum atomic E-state index is 4.53. The molecule has 2 heterocycles. The molecule has 0 saturated heterocycles. The van der Waals surface area contributed by atoms with Crippen LogP contribution in [0.15, 0.2) is 54.9 Å². The van der Waals surface area contributed by atoms with E-state index in [1.807, 2.05) is 18.3 Å². The largest absolute Gasteiger partial charge is 0.312 e. The second-order valence-electron chi connectivity index (χ2n) is 4.72. The predicted molar refractivity (Wildman–Crippen MR) is 74.9 cm³/mol. The smallest absolute Gasteiger partial charge is 0.0870 e. The number of hydrogen-bond donors (Lipinski definition) is 0. The third kappa shape index (κ3) is 1.20. The van der Waals surface area contributed by atoms with E-state index in [0.717, 1.165) is 11.0 Å². The third-order valence-electron chi connectivity index (χ3n) is 3.48. The molecule has 0 aliphatic rings. The monoisotopic (exact) mass is 232 g/mol. The number of rotatable bonds is 0. The Morgan fingerprint density at radius 1 is 1.00 bits per heavy atom. The molecule has 0 N–H and O–H groups in total. The lowest BCUT2D eigenvalue weighted by Crippen LogP contribution is -1.88. The van der Waals surface area contributed by atoms with Crippen LogP contribution in [0.25, 0.3) is 27.3 Å². The van der Waals surface area contributed by atoms with Crippen molar-refractivity contribution < 1.29 is 0 Å². The van der Waals surface area contributed by atoms with Crippen LogP contribution < -0.4 is 0 Å². The van der Waals surface area contributed by atoms with Gasteiger partial charge in [0.25, 0.3) is 0 Å². The number of aryl methyl sites for hydroxylation is 1. The molecule has 0 fully saturated rings. The van der Waals surface area contributed by atoms with Gasteiger partial charge in [0, 0.05) is 17.0 Å². The van der Waals surface area contributed by atoms with E-state index in [1.54, 1.807) is 0 Å². The summed E-state index contributed by atoms with van der Waals surface area (Å²) in [6.07, 6.45) is 4.15. The van der Waals surface area contributed by atoms with Gasteiger partial charge in [-0.3, -0.25) is 4.98 Å². The van der Waals surface area contributed by atoms with Crippen molar-refractivity contribution in [2.75, 3.05) is 0 Å². The van der Waals surface area contributed by atoms with E-state index in [9.17, 15) is 0 Å². The lowest BCUT2D eigenvalue weighted by atomic mass is 10.1. The number of benzene rings is 2. The fourth-order valence-electron chi connectivity index (χ4n) is 2.60. The van der Waals surface area contributed by atoms with Crippen molar-refractivity contribution in [2.24, 2.45) is 0 Å². The van der Waals surface area contributed by atoms with Gasteiger partial charge < -0.3 is 4.40 Å². The fraction of sp³-hybridized carbons (Fsp3) is 0.0625. The van der Waals surface area contributed by atoms with Gasteiger partial charge in [0.1, 0.15) is 0 Å². The molecule has 0 amide bonds. The summed E-state index contributed by atoms with van der Waals surface area (Å²) >= 11 is 0. The van der Waals surface area contributed by atoms with Crippen LogP contribution in [0.1, 0.15) is 5.56 Å². The van der Waals surface area contributed by atoms with Crippen LogP contribution in [-0.4, -0.2) is 9.38 Å². The van der Waals surface area contributed by atoms with E-state index in [-0.39, 0.29) is 0 Å². The van der Waals surface area contributed by atoms with Crippen LogP contribution in [0.3, 0.4) is 0 Å². The van der Waals surface area contributed by atoms with E-state index >= 15 is 0 Å². The Hall–Kier alpha value is -2.35. The van der Waals surface area contributed by atoms with Crippen molar-refractivity contribution in [3.05, 3.63) is 60.4 Å². The van der Waals surface area contributed by atoms with Crippen LogP contribution in [-0.2, 0) is 0 Å². The molecular formula is C16H12N2. The Bertz CT molecular complexity index is 887. The molecule has 0 unspecified atom stereocenters. The molecule has 0 aliphatic carbocycles. The van der Waals surface area contributed by atoms with Gasteiger partial charge in [-0.25, -0.2) is 0 Å². The molecule has 0 radical (unpaired) electrons. The standard InChI is InChI=1S/C16H12N2/c1-11-6-7-13-12(8-11)10-18-15-5-3-2-4-14(15)17-9-16(13)18/h2-10H,1H3. The van der Waals surface area contributed by atoms with Crippen LogP contribution in [0, 0.1) is 6.92 Å². The molecule has 0 saturated carbocycles. The van der Waals surface area contributed by atoms with Crippen LogP contribution >= 0.6 is 0 Å². The van der Waals surface area contributed by atoms with Crippen molar-refractivity contribution >= 4 is 27.3 Å². The second-order valence-corrected chi connectivity index (χ2v) is 4.72. The van der Waals surface area contributed by atoms with E-state index in [2.05, 4.69) is 52.8 Å². The van der Waals surface area contributed by atoms with Gasteiger partial charge in [-0.15, -0.1) is 0 Å². The summed E-state index contributed by atoms with van der Waals surface area (Å²) in [4.78, 5) is 4.53. The first-order chi connectivity index (χ1) is 8.83. The Kier molecular flexibility index (Phi) is 1.78. The highest BCUT2D eigenvalue weighted by Crippen LogP contribution is 2.25. The molecule has 2 aromatic heterocycles. The first-order valence-electron chi connectivity index (χ1n) is 6.08. The molecule has 0 atom stereocenters. The molecule has 86 valence electrons. The van der Waals surface area contributed by atoms with Crippen molar-refractivity contribution in [3.63, 3.8) is 0 Å². The molecule has 2 heteroatoms. The zero-order valence-electron chi connectivity index (χ0n) is 10.1. The van der Waals surface area contributed by atoms with Gasteiger partial charge in [-0.1, -0.05) is 29.8 Å². The zero-order valence-corrected chi connectivity index (χ0v) is 10.1. The maximum Gasteiger partial charge on any atom is 0.0870 e. The van der Waals surface area contributed by atoms with E-state index < -0.39 is 0 Å². The highest BCUT2D eigenvalue weighted by atomic mass is 14.9. The average molecular weight is 232 g/mol. The number of nitrogens with zero attached hydrogens (tertiary/aromatic N) is 2. The Balaban J connectivity index is 2.29. The van der Waals surface area contributed by atoms with Gasteiger partial charge in [-0.2, -0.15) is 0 Å². The van der Waals surface area contributed by atoms with Crippen molar-refractivity contribution in [1.82, 2.24) is 9.38 Å². The molecule has 4 aromatic rings. The Morgan fingerprint density at radius 3 is 2.83 bits per heavy atom. The SMILES string of the molecule is Cc1ccc2c(c1)cn1c3ccccc3ncc21. The van der Waals surface area contributed by atoms with Crippen molar-refractivity contribution in [1.29, 1.82) is 0 Å². The molecular weight excluding hydrogens is 220 g/mol. The first-order valence-corrected chi connectivity index (χ1v) is 6.08. The number of aromatic nitrogens is 2. The first kappa shape index (κ1) is 9.66. The summed E-state index contributed by atoms with van der Waals surface area (Å²) in [5, 5.41) is 2.53. The third-order valence-corrected chi connectivity index (χ3v) is 3.48. The minimum absolute atomic E-state index is 1.03. The second kappa shape index (κ2) is 3.33. The molecule has 0 bridgehead atoms. The highest BCUT2D eigenvalue weighted by Gasteiger charge is 2.06. The lowest BCUT2D eigenvalue weighted by molar-refractivity contribution is 1.23. The van der Waals surface area contributed by atoms with Gasteiger partial charge >= 0.3 is 0 Å². The summed E-state index contributed by atoms with van der Waals surface area (Å²) in [6, 6.07) is 14.8. The lowest BCUT2D eigenvalue weighted by Gasteiger charge is -2.01. The van der Waals surface area contributed by atoms with Gasteiger partial charge in [0.15, 0.2) is 0 Å². The number of hydrogen-bond acceptors (Lipinski definition) is 1. The van der Waals surface area contributed by atoms with E-state index in [0.29, 0.717) is 0 Å². The average Bonchev–Trinajstić information content (AvgIpc) is 2.76. The summed E-state index contributed by atoms with van der Waals surface area (Å²) in [5.74, 6) is 0. The Morgan fingerprint density at radius 2 is 1.89 bits per heavy atom. The minimum atomic E-state index is 1.03. The zero-order chi connectivity index (χ0) is 12.1. The van der Waals surface area contributed by atoms with E-state index in [4.69, 9.17) is 0 Å². The van der Waals surface area contributed by atoms with Crippen LogP contribution in [0.5, 0.6) is 0 Å². The summed E-state index contributed by atoms with van der Waals surface area (Å²) < 4.78 is 2.23. The molecule has 2 aromatic carbocycles. The molecule has 2 nitrogen and oxygen atoms in total. The summed E-state index contributed by atoms with van der Waals surface area (Å²) in [7, 11) is 0. The van der Waals surface area contributed by atoms with Gasteiger partial charge in [-0.05, 0) is 25.1 Å². The maximum absolute atomic E-state index is 4.53. The molecule has 0 spiro atoms. The Labute approximate surface area is 104 Å². The molecule has 18 heavy (non-hydrogen) atoms. The number of para-hydroxylation sites is 2. The van der Waals surface area contributed by atoms with Gasteiger partial charge in [0.2, 0.25) is 0 Å². The van der Waals surface area contributed by atoms with Crippen LogP contribution in [0.4, 0.5) is 0 Å². The minimum Gasteiger partial charge on any atom is -0.312 e. The van der Waals surface area contributed by atoms with Crippen molar-refractivity contribution in [2.45, 2.75) is 6.92 Å².